The van der Waals surface area contributed by atoms with Crippen molar-refractivity contribution in [1.29, 1.82) is 0 Å². The van der Waals surface area contributed by atoms with E-state index in [0.29, 0.717) is 28.9 Å². The molecule has 1 aromatic carbocycles. The van der Waals surface area contributed by atoms with Crippen LogP contribution in [-0.2, 0) is 24.0 Å². The van der Waals surface area contributed by atoms with Gasteiger partial charge in [0, 0.05) is 30.8 Å². The summed E-state index contributed by atoms with van der Waals surface area (Å²) < 4.78 is 71.3. The van der Waals surface area contributed by atoms with Crippen LogP contribution in [0.4, 0.5) is 17.6 Å². The zero-order valence-corrected chi connectivity index (χ0v) is 23.4. The van der Waals surface area contributed by atoms with Gasteiger partial charge in [0.1, 0.15) is 33.3 Å². The van der Waals surface area contributed by atoms with Gasteiger partial charge in [-0.3, -0.25) is 4.79 Å². The number of carbonyl (C=O) groups is 1. The van der Waals surface area contributed by atoms with Crippen LogP contribution in [-0.4, -0.2) is 43.4 Å². The Bertz CT molecular complexity index is 1770. The second kappa shape index (κ2) is 10.7. The number of ether oxygens (including phenoxy) is 2. The summed E-state index contributed by atoms with van der Waals surface area (Å²) in [5.74, 6) is -2.19. The first-order chi connectivity index (χ1) is 20.3. The smallest absolute Gasteiger partial charge is 0.478 e. The van der Waals surface area contributed by atoms with Gasteiger partial charge in [0.2, 0.25) is 0 Å². The van der Waals surface area contributed by atoms with E-state index in [1.807, 2.05) is 0 Å². The summed E-state index contributed by atoms with van der Waals surface area (Å²) in [5, 5.41) is 24.9. The Labute approximate surface area is 244 Å². The van der Waals surface area contributed by atoms with Gasteiger partial charge < -0.3 is 28.8 Å². The fraction of sp³-hybridized carbons (Fsp3) is 0.429. The number of carboxylic acids is 1. The van der Waals surface area contributed by atoms with Gasteiger partial charge in [0.05, 0.1) is 28.5 Å². The number of aromatic carboxylic acids is 1. The van der Waals surface area contributed by atoms with Crippen molar-refractivity contribution in [3.8, 4) is 17.0 Å². The summed E-state index contributed by atoms with van der Waals surface area (Å²) in [6.45, 7) is -0.0353. The van der Waals surface area contributed by atoms with Gasteiger partial charge in [0.15, 0.2) is 5.82 Å². The molecule has 3 heterocycles. The normalized spacial score (nSPS) is 20.9. The number of halogens is 4. The third-order valence-corrected chi connectivity index (χ3v) is 8.95. The molecule has 43 heavy (non-hydrogen) atoms. The molecule has 6 rings (SSSR count). The van der Waals surface area contributed by atoms with Crippen LogP contribution in [0.3, 0.4) is 0 Å². The van der Waals surface area contributed by atoms with Crippen molar-refractivity contribution in [1.82, 2.24) is 14.7 Å². The number of aryl methyl sites for hydroxylation is 1. The Hall–Kier alpha value is -3.82. The van der Waals surface area contributed by atoms with Crippen molar-refractivity contribution in [2.24, 2.45) is 7.05 Å². The van der Waals surface area contributed by atoms with Crippen LogP contribution in [0.2, 0.25) is 0 Å². The highest BCUT2D eigenvalue weighted by Gasteiger charge is 2.40. The van der Waals surface area contributed by atoms with Gasteiger partial charge >= 0.3 is 12.3 Å². The third kappa shape index (κ3) is 5.88. The first-order valence-corrected chi connectivity index (χ1v) is 14.3. The molecular formula is C28H25F4N3O7S. The molecule has 2 N–H and O–H groups in total. The average Bonchev–Trinajstić information content (AvgIpc) is 3.53. The van der Waals surface area contributed by atoms with Crippen molar-refractivity contribution in [2.45, 2.75) is 69.1 Å². The lowest BCUT2D eigenvalue weighted by molar-refractivity contribution is -0.274. The molecule has 2 aliphatic rings. The predicted octanol–water partition coefficient (Wildman–Crippen LogP) is 5.61. The number of hydrogen-bond donors (Lipinski definition) is 2. The van der Waals surface area contributed by atoms with E-state index in [9.17, 15) is 37.4 Å². The molecule has 2 aliphatic carbocycles. The monoisotopic (exact) mass is 623 g/mol. The molecule has 4 aromatic rings. The van der Waals surface area contributed by atoms with Crippen LogP contribution in [0.1, 0.15) is 71.1 Å². The summed E-state index contributed by atoms with van der Waals surface area (Å²) in [7, 11) is 1.40. The lowest BCUT2D eigenvalue weighted by Crippen LogP contribution is -2.34. The fourth-order valence-corrected chi connectivity index (χ4v) is 6.47. The second-order valence-electron chi connectivity index (χ2n) is 10.9. The van der Waals surface area contributed by atoms with Crippen molar-refractivity contribution in [2.75, 3.05) is 0 Å². The molecule has 3 aromatic heterocycles. The number of rotatable bonds is 8. The molecule has 0 aliphatic heterocycles. The van der Waals surface area contributed by atoms with Crippen LogP contribution in [0, 0.1) is 5.82 Å². The van der Waals surface area contributed by atoms with Crippen LogP contribution in [0.15, 0.2) is 33.7 Å². The molecule has 0 spiro atoms. The van der Waals surface area contributed by atoms with Crippen molar-refractivity contribution in [3.63, 3.8) is 0 Å². The van der Waals surface area contributed by atoms with Crippen molar-refractivity contribution in [3.05, 3.63) is 62.5 Å². The maximum atomic E-state index is 14.5. The van der Waals surface area contributed by atoms with Crippen molar-refractivity contribution >= 4 is 27.5 Å². The summed E-state index contributed by atoms with van der Waals surface area (Å²) in [6.07, 6.45) is -1.22. The minimum atomic E-state index is -5.03. The lowest BCUT2D eigenvalue weighted by atomic mass is 9.83. The number of carboxylic acid groups (broad SMARTS) is 1. The molecular weight excluding hydrogens is 598 g/mol. The van der Waals surface area contributed by atoms with Crippen LogP contribution >= 0.6 is 11.3 Å². The standard InChI is InChI=1S/C28H25F4N3O7S/c1-35-11-16(19(10-21(35)36)41-28(30,31)32)22-17(24(42-34-22)13-2-3-13)12-40-15-4-6-27(39,7-5-15)26-33-23-18(29)8-14(25(37)38)9-20(23)43-26/h8-11,13,15,39H,2-7,12H2,1H3,(H,37,38). The van der Waals surface area contributed by atoms with Gasteiger partial charge in [-0.25, -0.2) is 14.2 Å². The molecule has 0 saturated heterocycles. The predicted molar refractivity (Wildman–Crippen MR) is 143 cm³/mol. The molecule has 228 valence electrons. The average molecular weight is 624 g/mol. The van der Waals surface area contributed by atoms with Gasteiger partial charge in [-0.2, -0.15) is 0 Å². The first kappa shape index (κ1) is 29.3. The Balaban J connectivity index is 1.21. The number of aromatic nitrogens is 3. The number of aliphatic hydroxyl groups is 1. The zero-order valence-electron chi connectivity index (χ0n) is 22.6. The van der Waals surface area contributed by atoms with E-state index in [0.717, 1.165) is 40.9 Å². The number of pyridine rings is 1. The summed E-state index contributed by atoms with van der Waals surface area (Å²) in [5.41, 5.74) is -1.79. The molecule has 15 heteroatoms. The Morgan fingerprint density at radius 3 is 2.58 bits per heavy atom. The van der Waals surface area contributed by atoms with Crippen molar-refractivity contribution < 1.29 is 46.6 Å². The molecule has 0 bridgehead atoms. The van der Waals surface area contributed by atoms with Gasteiger partial charge in [-0.05, 0) is 50.7 Å². The molecule has 0 unspecified atom stereocenters. The van der Waals surface area contributed by atoms with E-state index >= 15 is 0 Å². The number of hydrogen-bond acceptors (Lipinski definition) is 9. The topological polar surface area (TPSA) is 137 Å². The Kier molecular flexibility index (Phi) is 7.29. The highest BCUT2D eigenvalue weighted by atomic mass is 32.1. The molecule has 0 atom stereocenters. The summed E-state index contributed by atoms with van der Waals surface area (Å²) in [6, 6.07) is 2.96. The lowest BCUT2D eigenvalue weighted by Gasteiger charge is -2.34. The molecule has 0 amide bonds. The first-order valence-electron chi connectivity index (χ1n) is 13.4. The SMILES string of the molecule is Cn1cc(-c2noc(C3CC3)c2COC2CCC(O)(c3nc4c(F)cc(C(=O)O)cc4s3)CC2)c(OC(F)(F)F)cc1=O. The van der Waals surface area contributed by atoms with Crippen LogP contribution in [0.25, 0.3) is 21.5 Å². The minimum Gasteiger partial charge on any atom is -0.478 e. The number of thiazole rings is 1. The largest absolute Gasteiger partial charge is 0.573 e. The second-order valence-corrected chi connectivity index (χ2v) is 11.9. The number of fused-ring (bicyclic) bond motifs is 1. The maximum absolute atomic E-state index is 14.5. The number of nitrogens with zero attached hydrogens (tertiary/aromatic N) is 3. The van der Waals surface area contributed by atoms with E-state index in [1.165, 1.54) is 19.3 Å². The van der Waals surface area contributed by atoms with E-state index < -0.39 is 35.1 Å². The molecule has 2 fully saturated rings. The minimum absolute atomic E-state index is 0.00308. The Morgan fingerprint density at radius 2 is 1.93 bits per heavy atom. The number of alkyl halides is 3. The third-order valence-electron chi connectivity index (χ3n) is 7.75. The van der Waals surface area contributed by atoms with Crippen LogP contribution < -0.4 is 10.3 Å². The highest BCUT2D eigenvalue weighted by Crippen LogP contribution is 2.46. The van der Waals surface area contributed by atoms with Crippen LogP contribution in [0.5, 0.6) is 5.75 Å². The fourth-order valence-electron chi connectivity index (χ4n) is 5.30. The summed E-state index contributed by atoms with van der Waals surface area (Å²) >= 11 is 1.04. The van der Waals surface area contributed by atoms with E-state index in [2.05, 4.69) is 14.9 Å². The van der Waals surface area contributed by atoms with Gasteiger partial charge in [-0.15, -0.1) is 24.5 Å². The number of benzene rings is 1. The summed E-state index contributed by atoms with van der Waals surface area (Å²) in [4.78, 5) is 27.7. The van der Waals surface area contributed by atoms with Gasteiger partial charge in [0.25, 0.3) is 5.56 Å². The van der Waals surface area contributed by atoms with E-state index in [1.54, 1.807) is 0 Å². The maximum Gasteiger partial charge on any atom is 0.573 e. The highest BCUT2D eigenvalue weighted by molar-refractivity contribution is 7.18. The quantitative estimate of drug-likeness (QED) is 0.240. The van der Waals surface area contributed by atoms with E-state index in [-0.39, 0.29) is 58.8 Å². The molecule has 10 nitrogen and oxygen atoms in total. The molecule has 0 radical (unpaired) electrons. The van der Waals surface area contributed by atoms with E-state index in [4.69, 9.17) is 9.26 Å². The van der Waals surface area contributed by atoms with Gasteiger partial charge in [-0.1, -0.05) is 5.16 Å². The molecule has 2 saturated carbocycles. The zero-order chi connectivity index (χ0) is 30.7. The Morgan fingerprint density at radius 1 is 1.21 bits per heavy atom.